The van der Waals surface area contributed by atoms with E-state index in [2.05, 4.69) is 19.2 Å². The van der Waals surface area contributed by atoms with Gasteiger partial charge in [-0.15, -0.1) is 11.3 Å². The minimum absolute atomic E-state index is 0.0121. The zero-order chi connectivity index (χ0) is 28.2. The van der Waals surface area contributed by atoms with Gasteiger partial charge in [0.15, 0.2) is 0 Å². The number of nitrogens with two attached hydrogens (primary N) is 1. The Kier molecular flexibility index (Phi) is 6.37. The molecule has 0 spiro atoms. The molecule has 6 rings (SSSR count). The molecule has 3 aliphatic rings. The second-order valence-electron chi connectivity index (χ2n) is 11.1. The number of fused-ring (bicyclic) bond motifs is 2. The number of nitrogens with zero attached hydrogens (tertiary/aromatic N) is 2. The van der Waals surface area contributed by atoms with Crippen molar-refractivity contribution in [3.63, 3.8) is 0 Å². The van der Waals surface area contributed by atoms with Crippen molar-refractivity contribution in [1.82, 2.24) is 15.1 Å². The fraction of sp³-hybridized carbons (Fsp3) is 0.333. The highest BCUT2D eigenvalue weighted by Gasteiger charge is 2.70. The van der Waals surface area contributed by atoms with E-state index in [9.17, 15) is 14.4 Å². The van der Waals surface area contributed by atoms with Gasteiger partial charge in [-0.1, -0.05) is 38.1 Å². The van der Waals surface area contributed by atoms with E-state index in [-0.39, 0.29) is 41.6 Å². The first-order chi connectivity index (χ1) is 19.2. The average molecular weight is 558 g/mol. The number of amides is 3. The monoisotopic (exact) mass is 557 g/mol. The van der Waals surface area contributed by atoms with Gasteiger partial charge in [0.1, 0.15) is 29.9 Å². The molecule has 1 saturated heterocycles. The van der Waals surface area contributed by atoms with E-state index in [1.807, 2.05) is 42.5 Å². The van der Waals surface area contributed by atoms with Crippen LogP contribution in [0.1, 0.15) is 46.6 Å². The highest BCUT2D eigenvalue weighted by atomic mass is 32.1. The molecule has 2 fully saturated rings. The number of rotatable bonds is 8. The van der Waals surface area contributed by atoms with Crippen molar-refractivity contribution >= 4 is 34.9 Å². The van der Waals surface area contributed by atoms with Gasteiger partial charge in [0.05, 0.1) is 6.54 Å². The number of thiophene rings is 1. The molecular weight excluding hydrogens is 526 g/mol. The Morgan fingerprint density at radius 2 is 1.95 bits per heavy atom. The predicted molar refractivity (Wildman–Crippen MR) is 151 cm³/mol. The molecule has 206 valence electrons. The molecule has 9 nitrogen and oxygen atoms in total. The van der Waals surface area contributed by atoms with Crippen molar-refractivity contribution in [1.29, 1.82) is 5.41 Å². The molecule has 3 heterocycles. The first kappa shape index (κ1) is 26.1. The van der Waals surface area contributed by atoms with Crippen LogP contribution in [0.4, 0.5) is 0 Å². The molecule has 2 aliphatic heterocycles. The molecule has 1 aliphatic carbocycles. The predicted octanol–water partition coefficient (Wildman–Crippen LogP) is 3.72. The number of ether oxygens (including phenoxy) is 1. The van der Waals surface area contributed by atoms with Crippen LogP contribution >= 0.6 is 11.3 Å². The minimum atomic E-state index is -0.586. The van der Waals surface area contributed by atoms with Crippen LogP contribution in [-0.4, -0.2) is 52.0 Å². The summed E-state index contributed by atoms with van der Waals surface area (Å²) in [7, 11) is 0. The third-order valence-corrected chi connectivity index (χ3v) is 9.54. The normalized spacial score (nSPS) is 24.4. The van der Waals surface area contributed by atoms with Gasteiger partial charge < -0.3 is 25.6 Å². The number of likely N-dealkylation sites (tertiary alicyclic amines) is 1. The van der Waals surface area contributed by atoms with Crippen molar-refractivity contribution in [3.05, 3.63) is 81.5 Å². The first-order valence-corrected chi connectivity index (χ1v) is 14.2. The Labute approximate surface area is 236 Å². The molecule has 3 aromatic rings. The number of carbonyl (C=O) groups is 3. The minimum Gasteiger partial charge on any atom is -0.457 e. The fourth-order valence-corrected chi connectivity index (χ4v) is 7.02. The molecule has 40 heavy (non-hydrogen) atoms. The van der Waals surface area contributed by atoms with Gasteiger partial charge >= 0.3 is 0 Å². The molecule has 10 heteroatoms. The van der Waals surface area contributed by atoms with Crippen LogP contribution in [0.3, 0.4) is 0 Å². The Morgan fingerprint density at radius 1 is 1.18 bits per heavy atom. The van der Waals surface area contributed by atoms with Gasteiger partial charge in [0.2, 0.25) is 11.8 Å². The van der Waals surface area contributed by atoms with Crippen molar-refractivity contribution in [3.8, 4) is 11.5 Å². The summed E-state index contributed by atoms with van der Waals surface area (Å²) in [4.78, 5) is 44.4. The molecule has 0 radical (unpaired) electrons. The third kappa shape index (κ3) is 4.52. The summed E-state index contributed by atoms with van der Waals surface area (Å²) in [5, 5.41) is 12.3. The van der Waals surface area contributed by atoms with E-state index in [1.165, 1.54) is 11.3 Å². The second kappa shape index (κ2) is 9.78. The summed E-state index contributed by atoms with van der Waals surface area (Å²) in [6, 6.07) is 16.0. The van der Waals surface area contributed by atoms with Gasteiger partial charge in [-0.2, -0.15) is 0 Å². The number of benzene rings is 2. The SMILES string of the molecule is CC1C2N(C(=O)CN3Cc4ccc(Oc5ccccc5)cc4C3=O)C(C(=O)NCc3cc(C(=N)N)cs3)C[C@]12C. The molecule has 3 unspecified atom stereocenters. The number of nitrogen functional groups attached to an aromatic ring is 1. The zero-order valence-corrected chi connectivity index (χ0v) is 23.2. The molecule has 1 saturated carbocycles. The second-order valence-corrected chi connectivity index (χ2v) is 12.1. The summed E-state index contributed by atoms with van der Waals surface area (Å²) in [5.41, 5.74) is 7.45. The van der Waals surface area contributed by atoms with Crippen molar-refractivity contribution in [2.45, 2.75) is 45.4 Å². The van der Waals surface area contributed by atoms with E-state index in [0.29, 0.717) is 48.1 Å². The molecule has 2 aromatic carbocycles. The summed E-state index contributed by atoms with van der Waals surface area (Å²) < 4.78 is 5.89. The van der Waals surface area contributed by atoms with E-state index >= 15 is 0 Å². The standard InChI is InChI=1S/C30H31N5O4S/c1-17-26-30(17,2)12-24(28(37)33-13-22-10-19(16-40-22)27(31)32)35(26)25(36)15-34-14-18-8-9-21(11-23(18)29(34)38)39-20-6-4-3-5-7-20/h3-11,16-17,24,26H,12-15H2,1-2H3,(H3,31,32)(H,33,37)/t17?,24?,26?,30-/m1/s1. The third-order valence-electron chi connectivity index (χ3n) is 8.61. The summed E-state index contributed by atoms with van der Waals surface area (Å²) >= 11 is 1.43. The van der Waals surface area contributed by atoms with Crippen LogP contribution in [0.15, 0.2) is 60.0 Å². The number of hydrogen-bond donors (Lipinski definition) is 3. The quantitative estimate of drug-likeness (QED) is 0.287. The largest absolute Gasteiger partial charge is 0.457 e. The summed E-state index contributed by atoms with van der Waals surface area (Å²) in [6.07, 6.45) is 0.591. The lowest BCUT2D eigenvalue weighted by Gasteiger charge is -2.29. The van der Waals surface area contributed by atoms with Crippen LogP contribution in [0, 0.1) is 16.7 Å². The Morgan fingerprint density at radius 3 is 2.67 bits per heavy atom. The molecular formula is C30H31N5O4S. The van der Waals surface area contributed by atoms with Crippen molar-refractivity contribution in [2.24, 2.45) is 17.1 Å². The topological polar surface area (TPSA) is 129 Å². The van der Waals surface area contributed by atoms with Crippen molar-refractivity contribution in [2.75, 3.05) is 6.54 Å². The highest BCUT2D eigenvalue weighted by molar-refractivity contribution is 7.10. The molecule has 1 aromatic heterocycles. The van der Waals surface area contributed by atoms with E-state index in [4.69, 9.17) is 15.9 Å². The van der Waals surface area contributed by atoms with E-state index in [0.717, 1.165) is 10.4 Å². The van der Waals surface area contributed by atoms with Crippen LogP contribution < -0.4 is 15.8 Å². The maximum Gasteiger partial charge on any atom is 0.255 e. The summed E-state index contributed by atoms with van der Waals surface area (Å²) in [6.45, 7) is 4.79. The molecule has 3 amide bonds. The number of nitrogens with one attached hydrogen (secondary N) is 2. The Hall–Kier alpha value is -4.18. The van der Waals surface area contributed by atoms with Gasteiger partial charge in [-0.3, -0.25) is 19.8 Å². The van der Waals surface area contributed by atoms with Gasteiger partial charge in [-0.05, 0) is 53.6 Å². The van der Waals surface area contributed by atoms with Gasteiger partial charge in [0, 0.05) is 34.0 Å². The lowest BCUT2D eigenvalue weighted by Crippen LogP contribution is -2.51. The Bertz CT molecular complexity index is 1520. The average Bonchev–Trinajstić information content (AvgIpc) is 3.39. The number of para-hydroxylation sites is 1. The molecule has 4 N–H and O–H groups in total. The van der Waals surface area contributed by atoms with Crippen molar-refractivity contribution < 1.29 is 19.1 Å². The lowest BCUT2D eigenvalue weighted by molar-refractivity contribution is -0.140. The number of hydrogen-bond acceptors (Lipinski definition) is 6. The van der Waals surface area contributed by atoms with Crippen LogP contribution in [0.25, 0.3) is 0 Å². The molecule has 0 bridgehead atoms. The van der Waals surface area contributed by atoms with Crippen LogP contribution in [0.2, 0.25) is 0 Å². The van der Waals surface area contributed by atoms with Gasteiger partial charge in [-0.25, -0.2) is 0 Å². The maximum atomic E-state index is 13.7. The van der Waals surface area contributed by atoms with Crippen LogP contribution in [0.5, 0.6) is 11.5 Å². The van der Waals surface area contributed by atoms with Gasteiger partial charge in [0.25, 0.3) is 5.91 Å². The molecule has 4 atom stereocenters. The number of piperidine rings is 1. The number of amidine groups is 1. The van der Waals surface area contributed by atoms with E-state index in [1.54, 1.807) is 27.3 Å². The first-order valence-electron chi connectivity index (χ1n) is 13.3. The zero-order valence-electron chi connectivity index (χ0n) is 22.3. The Balaban J connectivity index is 1.13. The fourth-order valence-electron chi connectivity index (χ4n) is 6.20. The highest BCUT2D eigenvalue weighted by Crippen LogP contribution is 2.63. The van der Waals surface area contributed by atoms with E-state index < -0.39 is 6.04 Å². The maximum absolute atomic E-state index is 13.7. The lowest BCUT2D eigenvalue weighted by atomic mass is 9.98. The number of carbonyl (C=O) groups excluding carboxylic acids is 3. The van der Waals surface area contributed by atoms with Crippen LogP contribution in [-0.2, 0) is 22.7 Å². The summed E-state index contributed by atoms with van der Waals surface area (Å²) in [5.74, 6) is 0.889. The smallest absolute Gasteiger partial charge is 0.255 e.